The molecule has 3 heterocycles. The third kappa shape index (κ3) is 3.37. The van der Waals surface area contributed by atoms with E-state index < -0.39 is 0 Å². The van der Waals surface area contributed by atoms with Crippen molar-refractivity contribution in [1.29, 1.82) is 5.26 Å². The number of carbonyl (C=O) groups excluding carboxylic acids is 1. The van der Waals surface area contributed by atoms with Gasteiger partial charge in [-0.05, 0) is 43.2 Å². The van der Waals surface area contributed by atoms with Gasteiger partial charge in [0.15, 0.2) is 5.65 Å². The topological polar surface area (TPSA) is 89.1 Å². The Labute approximate surface area is 196 Å². The highest BCUT2D eigenvalue weighted by Crippen LogP contribution is 2.39. The Hall–Kier alpha value is -4.25. The van der Waals surface area contributed by atoms with E-state index in [4.69, 9.17) is 19.2 Å². The number of aromatic nitrogens is 2. The predicted molar refractivity (Wildman–Crippen MR) is 127 cm³/mol. The first kappa shape index (κ1) is 21.6. The van der Waals surface area contributed by atoms with Gasteiger partial charge in [-0.2, -0.15) is 5.26 Å². The molecule has 0 aliphatic carbocycles. The molecule has 2 aromatic carbocycles. The smallest absolute Gasteiger partial charge is 0.410 e. The van der Waals surface area contributed by atoms with Gasteiger partial charge < -0.3 is 19.1 Å². The zero-order valence-corrected chi connectivity index (χ0v) is 19.3. The van der Waals surface area contributed by atoms with Crippen molar-refractivity contribution in [2.24, 2.45) is 0 Å². The number of amides is 1. The summed E-state index contributed by atoms with van der Waals surface area (Å²) in [6.45, 7) is 2.88. The molecule has 2 aromatic heterocycles. The fourth-order valence-electron chi connectivity index (χ4n) is 4.68. The highest BCUT2D eigenvalue weighted by atomic mass is 16.6. The molecule has 172 valence electrons. The molecule has 0 saturated carbocycles. The van der Waals surface area contributed by atoms with Crippen LogP contribution in [0.3, 0.4) is 0 Å². The molecule has 0 atom stereocenters. The molecule has 8 nitrogen and oxygen atoms in total. The summed E-state index contributed by atoms with van der Waals surface area (Å²) in [4.78, 5) is 19.1. The average molecular weight is 457 g/mol. The molecule has 4 aromatic rings. The van der Waals surface area contributed by atoms with E-state index in [-0.39, 0.29) is 6.09 Å². The van der Waals surface area contributed by atoms with E-state index in [0.717, 1.165) is 33.4 Å². The lowest BCUT2D eigenvalue weighted by Gasteiger charge is -2.31. The number of benzene rings is 2. The van der Waals surface area contributed by atoms with Crippen molar-refractivity contribution in [3.05, 3.63) is 59.2 Å². The van der Waals surface area contributed by atoms with Crippen LogP contribution in [-0.4, -0.2) is 47.7 Å². The van der Waals surface area contributed by atoms with E-state index in [9.17, 15) is 10.1 Å². The Kier molecular flexibility index (Phi) is 5.46. The van der Waals surface area contributed by atoms with Crippen molar-refractivity contribution < 1.29 is 19.0 Å². The summed E-state index contributed by atoms with van der Waals surface area (Å²) in [6.07, 6.45) is 0.168. The SMILES string of the molecule is CCOC(=O)N1CCc2c(c(-c3cc(OC)cc(OC)c3)n3c(nc4ccccc43)c2C#N)C1. The number of methoxy groups -OCH3 is 2. The number of pyridine rings is 1. The summed E-state index contributed by atoms with van der Waals surface area (Å²) >= 11 is 0. The van der Waals surface area contributed by atoms with E-state index in [1.54, 1.807) is 26.0 Å². The number of nitrogens with zero attached hydrogens (tertiary/aromatic N) is 4. The fraction of sp³-hybridized carbons (Fsp3) is 0.269. The molecule has 1 amide bonds. The molecule has 0 unspecified atom stereocenters. The Bertz CT molecular complexity index is 1450. The lowest BCUT2D eigenvalue weighted by Crippen LogP contribution is -2.37. The van der Waals surface area contributed by atoms with E-state index >= 15 is 0 Å². The Morgan fingerprint density at radius 3 is 2.53 bits per heavy atom. The molecular formula is C26H24N4O4. The van der Waals surface area contributed by atoms with Crippen LogP contribution in [0.2, 0.25) is 0 Å². The number of ether oxygens (including phenoxy) is 3. The second-order valence-electron chi connectivity index (χ2n) is 8.02. The van der Waals surface area contributed by atoms with Crippen molar-refractivity contribution in [2.45, 2.75) is 19.9 Å². The first-order valence-corrected chi connectivity index (χ1v) is 11.1. The summed E-state index contributed by atoms with van der Waals surface area (Å²) in [7, 11) is 3.22. The van der Waals surface area contributed by atoms with E-state index in [1.807, 2.05) is 46.9 Å². The van der Waals surface area contributed by atoms with Crippen LogP contribution in [0.4, 0.5) is 4.79 Å². The van der Waals surface area contributed by atoms with Gasteiger partial charge in [0.05, 0.1) is 49.7 Å². The van der Waals surface area contributed by atoms with Gasteiger partial charge in [0.2, 0.25) is 0 Å². The van der Waals surface area contributed by atoms with Crippen molar-refractivity contribution in [1.82, 2.24) is 14.3 Å². The molecule has 0 N–H and O–H groups in total. The van der Waals surface area contributed by atoms with Gasteiger partial charge in [0.1, 0.15) is 17.6 Å². The first-order chi connectivity index (χ1) is 16.6. The predicted octanol–water partition coefficient (Wildman–Crippen LogP) is 4.56. The summed E-state index contributed by atoms with van der Waals surface area (Å²) in [5, 5.41) is 10.2. The second-order valence-corrected chi connectivity index (χ2v) is 8.02. The lowest BCUT2D eigenvalue weighted by atomic mass is 9.91. The van der Waals surface area contributed by atoms with Crippen LogP contribution in [0.25, 0.3) is 27.9 Å². The van der Waals surface area contributed by atoms with Gasteiger partial charge in [-0.3, -0.25) is 4.40 Å². The standard InChI is InChI=1S/C26H24N4O4/c1-4-34-26(31)29-10-9-19-20(14-27)25-28-22-7-5-6-8-23(22)30(25)24(21(19)15-29)16-11-17(32-2)13-18(12-16)33-3/h5-8,11-13H,4,9-10,15H2,1-3H3. The summed E-state index contributed by atoms with van der Waals surface area (Å²) in [6, 6.07) is 15.9. The van der Waals surface area contributed by atoms with E-state index in [1.165, 1.54) is 0 Å². The van der Waals surface area contributed by atoms with Crippen molar-refractivity contribution in [3.8, 4) is 28.8 Å². The summed E-state index contributed by atoms with van der Waals surface area (Å²) < 4.78 is 18.4. The average Bonchev–Trinajstić information content (AvgIpc) is 3.25. The highest BCUT2D eigenvalue weighted by Gasteiger charge is 2.30. The van der Waals surface area contributed by atoms with Gasteiger partial charge in [-0.25, -0.2) is 9.78 Å². The Balaban J connectivity index is 1.89. The highest BCUT2D eigenvalue weighted by molar-refractivity contribution is 5.88. The lowest BCUT2D eigenvalue weighted by molar-refractivity contribution is 0.102. The molecule has 34 heavy (non-hydrogen) atoms. The van der Waals surface area contributed by atoms with Crippen LogP contribution in [0.15, 0.2) is 42.5 Å². The van der Waals surface area contributed by atoms with Crippen LogP contribution >= 0.6 is 0 Å². The zero-order valence-electron chi connectivity index (χ0n) is 19.3. The van der Waals surface area contributed by atoms with Gasteiger partial charge >= 0.3 is 6.09 Å². The molecular weight excluding hydrogens is 432 g/mol. The number of para-hydroxylation sites is 2. The largest absolute Gasteiger partial charge is 0.497 e. The van der Waals surface area contributed by atoms with Crippen LogP contribution in [0, 0.1) is 11.3 Å². The van der Waals surface area contributed by atoms with E-state index in [2.05, 4.69) is 6.07 Å². The number of rotatable bonds is 4. The number of hydrogen-bond donors (Lipinski definition) is 0. The molecule has 0 saturated heterocycles. The third-order valence-electron chi connectivity index (χ3n) is 6.20. The van der Waals surface area contributed by atoms with Gasteiger partial charge in [0, 0.05) is 23.7 Å². The normalized spacial score (nSPS) is 12.9. The molecule has 1 aliphatic rings. The molecule has 0 spiro atoms. The Morgan fingerprint density at radius 1 is 1.12 bits per heavy atom. The maximum Gasteiger partial charge on any atom is 0.410 e. The summed E-state index contributed by atoms with van der Waals surface area (Å²) in [5.41, 5.74) is 6.29. The van der Waals surface area contributed by atoms with Crippen molar-refractivity contribution >= 4 is 22.8 Å². The number of hydrogen-bond acceptors (Lipinski definition) is 6. The van der Waals surface area contributed by atoms with Crippen LogP contribution in [-0.2, 0) is 17.7 Å². The molecule has 1 aliphatic heterocycles. The van der Waals surface area contributed by atoms with Crippen molar-refractivity contribution in [2.75, 3.05) is 27.4 Å². The van der Waals surface area contributed by atoms with Gasteiger partial charge in [-0.15, -0.1) is 0 Å². The van der Waals surface area contributed by atoms with Crippen molar-refractivity contribution in [3.63, 3.8) is 0 Å². The number of imidazole rings is 1. The molecule has 5 rings (SSSR count). The minimum atomic E-state index is -0.364. The van der Waals surface area contributed by atoms with E-state index in [0.29, 0.717) is 48.8 Å². The maximum atomic E-state index is 12.6. The monoisotopic (exact) mass is 456 g/mol. The second kappa shape index (κ2) is 8.60. The first-order valence-electron chi connectivity index (χ1n) is 11.1. The van der Waals surface area contributed by atoms with Crippen LogP contribution in [0.5, 0.6) is 11.5 Å². The number of fused-ring (bicyclic) bond motifs is 4. The molecule has 0 fully saturated rings. The molecule has 0 bridgehead atoms. The fourth-order valence-corrected chi connectivity index (χ4v) is 4.68. The quantitative estimate of drug-likeness (QED) is 0.447. The summed E-state index contributed by atoms with van der Waals surface area (Å²) in [5.74, 6) is 1.28. The van der Waals surface area contributed by atoms with Crippen LogP contribution in [0.1, 0.15) is 23.6 Å². The van der Waals surface area contributed by atoms with Gasteiger partial charge in [-0.1, -0.05) is 12.1 Å². The minimum Gasteiger partial charge on any atom is -0.497 e. The van der Waals surface area contributed by atoms with Gasteiger partial charge in [0.25, 0.3) is 0 Å². The zero-order chi connectivity index (χ0) is 23.8. The third-order valence-corrected chi connectivity index (χ3v) is 6.20. The molecule has 0 radical (unpaired) electrons. The number of nitriles is 1. The number of carbonyl (C=O) groups is 1. The Morgan fingerprint density at radius 2 is 1.85 bits per heavy atom. The minimum absolute atomic E-state index is 0.302. The maximum absolute atomic E-state index is 12.6. The van der Waals surface area contributed by atoms with Crippen LogP contribution < -0.4 is 9.47 Å². The molecule has 8 heteroatoms.